The Bertz CT molecular complexity index is 554. The van der Waals surface area contributed by atoms with E-state index in [1.165, 1.54) is 44.5 Å². The minimum atomic E-state index is 0. The van der Waals surface area contributed by atoms with Crippen LogP contribution in [-0.4, -0.2) is 46.8 Å². The summed E-state index contributed by atoms with van der Waals surface area (Å²) in [4.78, 5) is 7.40. The highest BCUT2D eigenvalue weighted by Gasteiger charge is 2.35. The number of likely N-dealkylation sites (tertiary alicyclic amines) is 1. The zero-order valence-electron chi connectivity index (χ0n) is 16.0. The number of nitrogens with one attached hydrogen (secondary N) is 1. The number of hydrogen-bond acceptors (Lipinski definition) is 2. The first-order valence-electron chi connectivity index (χ1n) is 9.71. The third kappa shape index (κ3) is 5.34. The second kappa shape index (κ2) is 9.78. The quantitative estimate of drug-likeness (QED) is 0.317. The summed E-state index contributed by atoms with van der Waals surface area (Å²) in [6, 6.07) is 2.14. The summed E-state index contributed by atoms with van der Waals surface area (Å²) >= 11 is 0. The van der Waals surface area contributed by atoms with Gasteiger partial charge in [-0.1, -0.05) is 12.8 Å². The fraction of sp³-hybridized carbons (Fsp3) is 0.789. The van der Waals surface area contributed by atoms with E-state index in [1.54, 1.807) is 0 Å². The van der Waals surface area contributed by atoms with E-state index < -0.39 is 0 Å². The first kappa shape index (κ1) is 20.5. The predicted octanol–water partition coefficient (Wildman–Crippen LogP) is 3.60. The highest BCUT2D eigenvalue weighted by atomic mass is 127. The first-order chi connectivity index (χ1) is 11.7. The van der Waals surface area contributed by atoms with Gasteiger partial charge >= 0.3 is 0 Å². The lowest BCUT2D eigenvalue weighted by Gasteiger charge is -2.22. The van der Waals surface area contributed by atoms with Crippen molar-refractivity contribution in [2.45, 2.75) is 59.4 Å². The summed E-state index contributed by atoms with van der Waals surface area (Å²) in [5.41, 5.74) is 2.34. The Labute approximate surface area is 169 Å². The lowest BCUT2D eigenvalue weighted by atomic mass is 9.82. The average molecular weight is 459 g/mol. The molecule has 1 saturated carbocycles. The van der Waals surface area contributed by atoms with Crippen LogP contribution < -0.4 is 5.32 Å². The van der Waals surface area contributed by atoms with E-state index in [2.05, 4.69) is 46.8 Å². The van der Waals surface area contributed by atoms with Gasteiger partial charge in [-0.2, -0.15) is 5.10 Å². The second-order valence-corrected chi connectivity index (χ2v) is 7.45. The highest BCUT2D eigenvalue weighted by Crippen LogP contribution is 2.35. The molecule has 2 unspecified atom stereocenters. The predicted molar refractivity (Wildman–Crippen MR) is 115 cm³/mol. The average Bonchev–Trinajstić information content (AvgIpc) is 3.13. The van der Waals surface area contributed by atoms with Crippen molar-refractivity contribution in [3.8, 4) is 0 Å². The van der Waals surface area contributed by atoms with Crippen molar-refractivity contribution < 1.29 is 0 Å². The van der Waals surface area contributed by atoms with Gasteiger partial charge in [0.15, 0.2) is 5.96 Å². The number of halogens is 1. The van der Waals surface area contributed by atoms with E-state index in [1.807, 2.05) is 0 Å². The molecule has 0 spiro atoms. The largest absolute Gasteiger partial charge is 0.357 e. The molecule has 0 bridgehead atoms. The van der Waals surface area contributed by atoms with E-state index in [-0.39, 0.29) is 24.0 Å². The van der Waals surface area contributed by atoms with Gasteiger partial charge < -0.3 is 10.2 Å². The molecule has 0 radical (unpaired) electrons. The normalized spacial score (nSPS) is 23.3. The van der Waals surface area contributed by atoms with Gasteiger partial charge in [0, 0.05) is 38.4 Å². The molecule has 142 valence electrons. The second-order valence-electron chi connectivity index (χ2n) is 7.45. The van der Waals surface area contributed by atoms with Crippen LogP contribution in [0.15, 0.2) is 11.1 Å². The number of aliphatic imine (C=N–C) groups is 1. The van der Waals surface area contributed by atoms with Crippen LogP contribution >= 0.6 is 24.0 Å². The molecule has 2 atom stereocenters. The van der Waals surface area contributed by atoms with Gasteiger partial charge in [0.1, 0.15) is 0 Å². The number of hydrogen-bond donors (Lipinski definition) is 1. The molecular formula is C19H34IN5. The molecule has 1 aliphatic carbocycles. The Balaban J connectivity index is 0.00000225. The van der Waals surface area contributed by atoms with Crippen LogP contribution in [0.3, 0.4) is 0 Å². The zero-order valence-corrected chi connectivity index (χ0v) is 18.3. The third-order valence-electron chi connectivity index (χ3n) is 5.50. The molecule has 1 aromatic heterocycles. The van der Waals surface area contributed by atoms with E-state index >= 15 is 0 Å². The van der Waals surface area contributed by atoms with E-state index in [0.717, 1.165) is 49.5 Å². The van der Waals surface area contributed by atoms with Crippen LogP contribution in [0.4, 0.5) is 0 Å². The molecule has 0 amide bonds. The molecule has 5 nitrogen and oxygen atoms in total. The van der Waals surface area contributed by atoms with Crippen LogP contribution in [0, 0.1) is 25.7 Å². The number of aromatic nitrogens is 2. The fourth-order valence-electron chi connectivity index (χ4n) is 4.31. The van der Waals surface area contributed by atoms with Crippen molar-refractivity contribution >= 4 is 29.9 Å². The Kier molecular flexibility index (Phi) is 8.03. The van der Waals surface area contributed by atoms with E-state index in [0.29, 0.717) is 0 Å². The number of nitrogens with zero attached hydrogens (tertiary/aromatic N) is 4. The van der Waals surface area contributed by atoms with Crippen molar-refractivity contribution in [3.05, 3.63) is 17.5 Å². The molecule has 0 aromatic carbocycles. The molecule has 1 saturated heterocycles. The van der Waals surface area contributed by atoms with Crippen molar-refractivity contribution in [2.75, 3.05) is 26.2 Å². The summed E-state index contributed by atoms with van der Waals surface area (Å²) in [6.07, 6.45) is 6.71. The van der Waals surface area contributed by atoms with Gasteiger partial charge in [-0.15, -0.1) is 24.0 Å². The summed E-state index contributed by atoms with van der Waals surface area (Å²) in [7, 11) is 0. The molecule has 1 aliphatic heterocycles. The monoisotopic (exact) mass is 459 g/mol. The molecule has 2 aliphatic rings. The maximum Gasteiger partial charge on any atom is 0.193 e. The van der Waals surface area contributed by atoms with Gasteiger partial charge in [-0.3, -0.25) is 9.67 Å². The lowest BCUT2D eigenvalue weighted by molar-refractivity contribution is 0.299. The molecule has 25 heavy (non-hydrogen) atoms. The number of guanidine groups is 1. The van der Waals surface area contributed by atoms with Crippen molar-refractivity contribution in [1.29, 1.82) is 0 Å². The summed E-state index contributed by atoms with van der Waals surface area (Å²) in [6.45, 7) is 11.5. The summed E-state index contributed by atoms with van der Waals surface area (Å²) in [5.74, 6) is 2.93. The maximum atomic E-state index is 4.90. The van der Waals surface area contributed by atoms with E-state index in [4.69, 9.17) is 4.99 Å². The molecule has 2 fully saturated rings. The van der Waals surface area contributed by atoms with Crippen LogP contribution in [0.1, 0.15) is 50.4 Å². The SMILES string of the molecule is CCNC(=NCCCn1nc(C)cc1C)N1CC2CCCCC2C1.I. The Morgan fingerprint density at radius 1 is 1.24 bits per heavy atom. The molecule has 1 aromatic rings. The molecular weight excluding hydrogens is 425 g/mol. The Morgan fingerprint density at radius 2 is 1.92 bits per heavy atom. The maximum absolute atomic E-state index is 4.90. The van der Waals surface area contributed by atoms with Crippen molar-refractivity contribution in [1.82, 2.24) is 20.0 Å². The number of rotatable bonds is 5. The van der Waals surface area contributed by atoms with Gasteiger partial charge in [-0.25, -0.2) is 0 Å². The van der Waals surface area contributed by atoms with Crippen LogP contribution in [0.2, 0.25) is 0 Å². The minimum absolute atomic E-state index is 0. The van der Waals surface area contributed by atoms with Gasteiger partial charge in [0.25, 0.3) is 0 Å². The van der Waals surface area contributed by atoms with Crippen LogP contribution in [0.5, 0.6) is 0 Å². The van der Waals surface area contributed by atoms with Crippen LogP contribution in [-0.2, 0) is 6.54 Å². The molecule has 6 heteroatoms. The van der Waals surface area contributed by atoms with E-state index in [9.17, 15) is 0 Å². The summed E-state index contributed by atoms with van der Waals surface area (Å²) < 4.78 is 2.10. The molecule has 3 rings (SSSR count). The molecule has 1 N–H and O–H groups in total. The Hall–Kier alpha value is -0.790. The first-order valence-corrected chi connectivity index (χ1v) is 9.71. The van der Waals surface area contributed by atoms with Crippen molar-refractivity contribution in [2.24, 2.45) is 16.8 Å². The smallest absolute Gasteiger partial charge is 0.193 e. The molecule has 2 heterocycles. The summed E-state index contributed by atoms with van der Waals surface area (Å²) in [5, 5.41) is 8.03. The third-order valence-corrected chi connectivity index (χ3v) is 5.50. The van der Waals surface area contributed by atoms with Gasteiger partial charge in [-0.05, 0) is 57.9 Å². The zero-order chi connectivity index (χ0) is 16.9. The lowest BCUT2D eigenvalue weighted by Crippen LogP contribution is -2.40. The standard InChI is InChI=1S/C19H33N5.HI/c1-4-20-19(23-13-17-8-5-6-9-18(17)14-23)21-10-7-11-24-16(3)12-15(2)22-24;/h12,17-18H,4-11,13-14H2,1-3H3,(H,20,21);1H. The van der Waals surface area contributed by atoms with Gasteiger partial charge in [0.2, 0.25) is 0 Å². The minimum Gasteiger partial charge on any atom is -0.357 e. The van der Waals surface area contributed by atoms with Crippen LogP contribution in [0.25, 0.3) is 0 Å². The Morgan fingerprint density at radius 3 is 2.48 bits per heavy atom. The topological polar surface area (TPSA) is 45.5 Å². The highest BCUT2D eigenvalue weighted by molar-refractivity contribution is 14.0. The van der Waals surface area contributed by atoms with Crippen molar-refractivity contribution in [3.63, 3.8) is 0 Å². The number of aryl methyl sites for hydroxylation is 3. The van der Waals surface area contributed by atoms with Gasteiger partial charge in [0.05, 0.1) is 5.69 Å². The number of fused-ring (bicyclic) bond motifs is 1. The fourth-order valence-corrected chi connectivity index (χ4v) is 4.31.